The van der Waals surface area contributed by atoms with Crippen LogP contribution >= 0.6 is 11.3 Å². The Bertz CT molecular complexity index is 546. The molecule has 2 aromatic rings. The minimum Gasteiger partial charge on any atom is -0.391 e. The summed E-state index contributed by atoms with van der Waals surface area (Å²) in [4.78, 5) is 4.91. The molecule has 18 heavy (non-hydrogen) atoms. The van der Waals surface area contributed by atoms with Crippen LogP contribution in [0.1, 0.15) is 30.3 Å². The predicted octanol–water partition coefficient (Wildman–Crippen LogP) is 3.70. The molecule has 1 heterocycles. The Kier molecular flexibility index (Phi) is 3.73. The van der Waals surface area contributed by atoms with Gasteiger partial charge in [-0.1, -0.05) is 19.9 Å². The van der Waals surface area contributed by atoms with E-state index in [1.807, 2.05) is 13.8 Å². The lowest BCUT2D eigenvalue weighted by molar-refractivity contribution is 0.283. The van der Waals surface area contributed by atoms with Gasteiger partial charge in [0.15, 0.2) is 0 Å². The van der Waals surface area contributed by atoms with E-state index in [0.717, 1.165) is 11.3 Å². The van der Waals surface area contributed by atoms with E-state index in [1.165, 1.54) is 18.2 Å². The molecular formula is C13H13F2NOS. The van der Waals surface area contributed by atoms with Crippen LogP contribution < -0.4 is 0 Å². The van der Waals surface area contributed by atoms with Gasteiger partial charge in [-0.3, -0.25) is 0 Å². The molecule has 0 amide bonds. The molecule has 0 aliphatic rings. The third-order valence-corrected chi connectivity index (χ3v) is 3.67. The Balaban J connectivity index is 2.58. The summed E-state index contributed by atoms with van der Waals surface area (Å²) in [5, 5.41) is 9.53. The zero-order valence-corrected chi connectivity index (χ0v) is 10.9. The highest BCUT2D eigenvalue weighted by atomic mass is 32.1. The summed E-state index contributed by atoms with van der Waals surface area (Å²) in [7, 11) is 0. The predicted molar refractivity (Wildman–Crippen MR) is 67.5 cm³/mol. The summed E-state index contributed by atoms with van der Waals surface area (Å²) in [5.41, 5.74) is 0.573. The van der Waals surface area contributed by atoms with Crippen molar-refractivity contribution in [3.8, 4) is 10.6 Å². The van der Waals surface area contributed by atoms with Gasteiger partial charge >= 0.3 is 0 Å². The number of aromatic nitrogens is 1. The Labute approximate surface area is 108 Å². The Morgan fingerprint density at radius 2 is 1.89 bits per heavy atom. The number of benzene rings is 1. The molecule has 96 valence electrons. The molecule has 0 aliphatic carbocycles. The summed E-state index contributed by atoms with van der Waals surface area (Å²) < 4.78 is 27.3. The minimum atomic E-state index is -0.636. The molecule has 0 spiro atoms. The quantitative estimate of drug-likeness (QED) is 0.921. The van der Waals surface area contributed by atoms with Crippen molar-refractivity contribution in [2.45, 2.75) is 26.4 Å². The summed E-state index contributed by atoms with van der Waals surface area (Å²) in [6, 6.07) is 3.72. The standard InChI is InChI=1S/C13H13F2NOS/c1-7(2)12-10(6-17)18-13(16-12)11-8(14)4-3-5-9(11)15/h3-5,7,17H,6H2,1-2H3. The molecule has 0 atom stereocenters. The minimum absolute atomic E-state index is 0.104. The molecule has 0 radical (unpaired) electrons. The smallest absolute Gasteiger partial charge is 0.136 e. The number of aliphatic hydroxyl groups excluding tert-OH is 1. The largest absolute Gasteiger partial charge is 0.391 e. The number of thiazole rings is 1. The van der Waals surface area contributed by atoms with E-state index in [9.17, 15) is 13.9 Å². The van der Waals surface area contributed by atoms with Crippen molar-refractivity contribution in [2.75, 3.05) is 0 Å². The zero-order valence-electron chi connectivity index (χ0n) is 10.1. The van der Waals surface area contributed by atoms with Crippen LogP contribution in [-0.4, -0.2) is 10.1 Å². The number of hydrogen-bond donors (Lipinski definition) is 1. The molecule has 0 bridgehead atoms. The number of nitrogens with zero attached hydrogens (tertiary/aromatic N) is 1. The van der Waals surface area contributed by atoms with E-state index in [4.69, 9.17) is 0 Å². The van der Waals surface area contributed by atoms with E-state index in [0.29, 0.717) is 10.6 Å². The fraction of sp³-hybridized carbons (Fsp3) is 0.308. The number of aliphatic hydroxyl groups is 1. The summed E-state index contributed by atoms with van der Waals surface area (Å²) in [6.07, 6.45) is 0. The SMILES string of the molecule is CC(C)c1nc(-c2c(F)cccc2F)sc1CO. The molecule has 0 fully saturated rings. The maximum atomic E-state index is 13.6. The Morgan fingerprint density at radius 1 is 1.28 bits per heavy atom. The highest BCUT2D eigenvalue weighted by Gasteiger charge is 2.19. The van der Waals surface area contributed by atoms with Crippen molar-refractivity contribution >= 4 is 11.3 Å². The molecule has 0 aliphatic heterocycles. The van der Waals surface area contributed by atoms with Crippen LogP contribution in [0, 0.1) is 11.6 Å². The van der Waals surface area contributed by atoms with Gasteiger partial charge in [-0.2, -0.15) is 0 Å². The van der Waals surface area contributed by atoms with Gasteiger partial charge in [-0.25, -0.2) is 13.8 Å². The van der Waals surface area contributed by atoms with Gasteiger partial charge in [0.05, 0.1) is 22.7 Å². The lowest BCUT2D eigenvalue weighted by atomic mass is 10.1. The van der Waals surface area contributed by atoms with Gasteiger partial charge in [0, 0.05) is 0 Å². The third kappa shape index (κ3) is 2.28. The van der Waals surface area contributed by atoms with E-state index in [1.54, 1.807) is 0 Å². The first-order valence-electron chi connectivity index (χ1n) is 5.59. The van der Waals surface area contributed by atoms with Crippen molar-refractivity contribution < 1.29 is 13.9 Å². The zero-order chi connectivity index (χ0) is 13.3. The van der Waals surface area contributed by atoms with Crippen LogP contribution in [0.3, 0.4) is 0 Å². The van der Waals surface area contributed by atoms with Gasteiger partial charge in [-0.05, 0) is 18.1 Å². The van der Waals surface area contributed by atoms with E-state index in [-0.39, 0.29) is 23.1 Å². The number of halogens is 2. The van der Waals surface area contributed by atoms with E-state index in [2.05, 4.69) is 4.98 Å². The van der Waals surface area contributed by atoms with Crippen molar-refractivity contribution in [2.24, 2.45) is 0 Å². The molecule has 1 aromatic carbocycles. The molecule has 1 N–H and O–H groups in total. The monoisotopic (exact) mass is 269 g/mol. The van der Waals surface area contributed by atoms with Crippen LogP contribution in [0.4, 0.5) is 8.78 Å². The number of hydrogen-bond acceptors (Lipinski definition) is 3. The maximum Gasteiger partial charge on any atom is 0.136 e. The first-order chi connectivity index (χ1) is 8.54. The van der Waals surface area contributed by atoms with Crippen LogP contribution in [0.2, 0.25) is 0 Å². The topological polar surface area (TPSA) is 33.1 Å². The Hall–Kier alpha value is -1.33. The fourth-order valence-corrected chi connectivity index (χ4v) is 2.86. The van der Waals surface area contributed by atoms with Gasteiger partial charge in [0.2, 0.25) is 0 Å². The fourth-order valence-electron chi connectivity index (χ4n) is 1.74. The van der Waals surface area contributed by atoms with E-state index < -0.39 is 11.6 Å². The normalized spacial score (nSPS) is 11.2. The lowest BCUT2D eigenvalue weighted by Crippen LogP contribution is -1.94. The van der Waals surface area contributed by atoms with Gasteiger partial charge in [-0.15, -0.1) is 11.3 Å². The molecular weight excluding hydrogens is 256 g/mol. The van der Waals surface area contributed by atoms with Crippen LogP contribution in [0.5, 0.6) is 0 Å². The first kappa shape index (κ1) is 13.1. The highest BCUT2D eigenvalue weighted by Crippen LogP contribution is 2.34. The van der Waals surface area contributed by atoms with Crippen LogP contribution in [0.15, 0.2) is 18.2 Å². The molecule has 2 rings (SSSR count). The molecule has 0 unspecified atom stereocenters. The Morgan fingerprint density at radius 3 is 2.33 bits per heavy atom. The van der Waals surface area contributed by atoms with Crippen LogP contribution in [0.25, 0.3) is 10.6 Å². The van der Waals surface area contributed by atoms with Crippen molar-refractivity contribution in [3.05, 3.63) is 40.4 Å². The third-order valence-electron chi connectivity index (χ3n) is 2.59. The number of rotatable bonds is 3. The van der Waals surface area contributed by atoms with Crippen molar-refractivity contribution in [1.82, 2.24) is 4.98 Å². The van der Waals surface area contributed by atoms with E-state index >= 15 is 0 Å². The summed E-state index contributed by atoms with van der Waals surface area (Å²) in [6.45, 7) is 3.69. The second-order valence-corrected chi connectivity index (χ2v) is 5.32. The lowest BCUT2D eigenvalue weighted by Gasteiger charge is -2.02. The second-order valence-electron chi connectivity index (χ2n) is 4.24. The summed E-state index contributed by atoms with van der Waals surface area (Å²) >= 11 is 1.13. The summed E-state index contributed by atoms with van der Waals surface area (Å²) in [5.74, 6) is -1.17. The van der Waals surface area contributed by atoms with Crippen LogP contribution in [-0.2, 0) is 6.61 Å². The average Bonchev–Trinajstić information content (AvgIpc) is 2.73. The van der Waals surface area contributed by atoms with Gasteiger partial charge in [0.25, 0.3) is 0 Å². The second kappa shape index (κ2) is 5.12. The molecule has 2 nitrogen and oxygen atoms in total. The average molecular weight is 269 g/mol. The van der Waals surface area contributed by atoms with Crippen molar-refractivity contribution in [3.63, 3.8) is 0 Å². The maximum absolute atomic E-state index is 13.6. The highest BCUT2D eigenvalue weighted by molar-refractivity contribution is 7.15. The van der Waals surface area contributed by atoms with Gasteiger partial charge in [0.1, 0.15) is 16.6 Å². The van der Waals surface area contributed by atoms with Crippen molar-refractivity contribution in [1.29, 1.82) is 0 Å². The first-order valence-corrected chi connectivity index (χ1v) is 6.41. The molecule has 5 heteroatoms. The molecule has 0 saturated carbocycles. The van der Waals surface area contributed by atoms with Gasteiger partial charge < -0.3 is 5.11 Å². The molecule has 0 saturated heterocycles. The molecule has 1 aromatic heterocycles.